The molecule has 0 aromatic heterocycles. The number of hydrogen-bond acceptors (Lipinski definition) is 3. The molecule has 0 bridgehead atoms. The summed E-state index contributed by atoms with van der Waals surface area (Å²) in [5.41, 5.74) is 0. The van der Waals surface area contributed by atoms with E-state index >= 15 is 0 Å². The molecular formula is C16H27N3O2. The maximum atomic E-state index is 12.6. The van der Waals surface area contributed by atoms with Crippen LogP contribution in [0.4, 0.5) is 0 Å². The minimum atomic E-state index is 0.197. The summed E-state index contributed by atoms with van der Waals surface area (Å²) in [7, 11) is 2.11. The lowest BCUT2D eigenvalue weighted by Gasteiger charge is -2.38. The van der Waals surface area contributed by atoms with Gasteiger partial charge in [-0.15, -0.1) is 0 Å². The molecule has 0 atom stereocenters. The van der Waals surface area contributed by atoms with E-state index in [0.29, 0.717) is 17.9 Å². The minimum Gasteiger partial charge on any atom is -0.340 e. The Morgan fingerprint density at radius 2 is 1.67 bits per heavy atom. The highest BCUT2D eigenvalue weighted by molar-refractivity contribution is 5.80. The molecule has 5 nitrogen and oxygen atoms in total. The van der Waals surface area contributed by atoms with Gasteiger partial charge in [-0.1, -0.05) is 0 Å². The Labute approximate surface area is 127 Å². The van der Waals surface area contributed by atoms with Crippen LogP contribution in [0.1, 0.15) is 38.5 Å². The predicted molar refractivity (Wildman–Crippen MR) is 80.8 cm³/mol. The van der Waals surface area contributed by atoms with Gasteiger partial charge in [-0.05, 0) is 39.2 Å². The van der Waals surface area contributed by atoms with Crippen molar-refractivity contribution in [3.63, 3.8) is 0 Å². The number of nitrogens with zero attached hydrogens (tertiary/aromatic N) is 3. The molecule has 0 radical (unpaired) electrons. The van der Waals surface area contributed by atoms with Gasteiger partial charge in [0.2, 0.25) is 11.8 Å². The van der Waals surface area contributed by atoms with Crippen molar-refractivity contribution >= 4 is 11.8 Å². The largest absolute Gasteiger partial charge is 0.340 e. The number of hydrogen-bond donors (Lipinski definition) is 0. The van der Waals surface area contributed by atoms with Crippen molar-refractivity contribution in [3.8, 4) is 0 Å². The molecule has 2 heterocycles. The van der Waals surface area contributed by atoms with Crippen LogP contribution in [0.15, 0.2) is 0 Å². The van der Waals surface area contributed by atoms with Gasteiger partial charge in [0, 0.05) is 51.1 Å². The molecule has 0 spiro atoms. The van der Waals surface area contributed by atoms with Crippen LogP contribution in [-0.2, 0) is 9.59 Å². The number of carbonyl (C=O) groups is 2. The van der Waals surface area contributed by atoms with Crippen molar-refractivity contribution in [2.24, 2.45) is 5.92 Å². The first kappa shape index (κ1) is 14.8. The lowest BCUT2D eigenvalue weighted by molar-refractivity contribution is -0.139. The number of likely N-dealkylation sites (N-methyl/N-ethyl adjacent to an activating group) is 1. The van der Waals surface area contributed by atoms with Gasteiger partial charge in [-0.2, -0.15) is 0 Å². The van der Waals surface area contributed by atoms with Crippen LogP contribution in [-0.4, -0.2) is 72.3 Å². The average molecular weight is 293 g/mol. The highest BCUT2D eigenvalue weighted by Gasteiger charge is 2.35. The summed E-state index contributed by atoms with van der Waals surface area (Å²) < 4.78 is 0. The molecule has 118 valence electrons. The summed E-state index contributed by atoms with van der Waals surface area (Å²) in [6, 6.07) is 0.400. The smallest absolute Gasteiger partial charge is 0.225 e. The summed E-state index contributed by atoms with van der Waals surface area (Å²) in [4.78, 5) is 30.8. The van der Waals surface area contributed by atoms with Crippen molar-refractivity contribution < 1.29 is 9.59 Å². The Kier molecular flexibility index (Phi) is 4.48. The lowest BCUT2D eigenvalue weighted by Crippen LogP contribution is -2.50. The molecule has 1 aliphatic carbocycles. The molecule has 2 saturated heterocycles. The van der Waals surface area contributed by atoms with Crippen LogP contribution in [0.2, 0.25) is 0 Å². The number of piperazine rings is 1. The van der Waals surface area contributed by atoms with Crippen LogP contribution < -0.4 is 0 Å². The molecule has 0 aromatic rings. The highest BCUT2D eigenvalue weighted by Crippen LogP contribution is 2.31. The summed E-state index contributed by atoms with van der Waals surface area (Å²) in [5, 5.41) is 0. The molecule has 3 aliphatic rings. The first-order chi connectivity index (χ1) is 10.1. The summed E-state index contributed by atoms with van der Waals surface area (Å²) in [6.07, 6.45) is 5.67. The molecule has 0 unspecified atom stereocenters. The third kappa shape index (κ3) is 3.23. The first-order valence-corrected chi connectivity index (χ1v) is 8.42. The number of amides is 2. The molecule has 2 amide bonds. The first-order valence-electron chi connectivity index (χ1n) is 8.42. The van der Waals surface area contributed by atoms with Gasteiger partial charge in [-0.3, -0.25) is 9.59 Å². The van der Waals surface area contributed by atoms with Gasteiger partial charge in [-0.25, -0.2) is 0 Å². The minimum absolute atomic E-state index is 0.197. The molecule has 0 aromatic carbocycles. The third-order valence-electron chi connectivity index (χ3n) is 5.41. The summed E-state index contributed by atoms with van der Waals surface area (Å²) in [6.45, 7) is 4.66. The van der Waals surface area contributed by atoms with Gasteiger partial charge in [0.15, 0.2) is 0 Å². The number of likely N-dealkylation sites (tertiary alicyclic amines) is 1. The standard InChI is InChI=1S/C16H27N3O2/c1-17-9-11-18(12-10-17)16(21)13-4-6-14(7-5-13)19-8-2-3-15(19)20/h13-14H,2-12H2,1H3/t13-,14-. The summed E-state index contributed by atoms with van der Waals surface area (Å²) >= 11 is 0. The fraction of sp³-hybridized carbons (Fsp3) is 0.875. The predicted octanol–water partition coefficient (Wildman–Crippen LogP) is 0.942. The van der Waals surface area contributed by atoms with Crippen molar-refractivity contribution in [1.82, 2.24) is 14.7 Å². The van der Waals surface area contributed by atoms with E-state index in [9.17, 15) is 9.59 Å². The zero-order chi connectivity index (χ0) is 14.8. The fourth-order valence-electron chi connectivity index (χ4n) is 3.97. The van der Waals surface area contributed by atoms with E-state index in [-0.39, 0.29) is 5.92 Å². The second kappa shape index (κ2) is 6.34. The molecule has 3 rings (SSSR count). The van der Waals surface area contributed by atoms with Crippen LogP contribution >= 0.6 is 0 Å². The van der Waals surface area contributed by atoms with Gasteiger partial charge >= 0.3 is 0 Å². The number of rotatable bonds is 2. The summed E-state index contributed by atoms with van der Waals surface area (Å²) in [5.74, 6) is 0.875. The Morgan fingerprint density at radius 1 is 1.00 bits per heavy atom. The molecule has 2 aliphatic heterocycles. The lowest BCUT2D eigenvalue weighted by atomic mass is 9.84. The molecule has 3 fully saturated rings. The van der Waals surface area contributed by atoms with E-state index < -0.39 is 0 Å². The van der Waals surface area contributed by atoms with E-state index in [4.69, 9.17) is 0 Å². The zero-order valence-corrected chi connectivity index (χ0v) is 13.1. The van der Waals surface area contributed by atoms with Gasteiger partial charge < -0.3 is 14.7 Å². The van der Waals surface area contributed by atoms with E-state index in [1.54, 1.807) is 0 Å². The van der Waals surface area contributed by atoms with Gasteiger partial charge in [0.05, 0.1) is 0 Å². The highest BCUT2D eigenvalue weighted by atomic mass is 16.2. The topological polar surface area (TPSA) is 43.9 Å². The van der Waals surface area contributed by atoms with Crippen molar-refractivity contribution in [1.29, 1.82) is 0 Å². The second-order valence-electron chi connectivity index (χ2n) is 6.82. The SMILES string of the molecule is CN1CCN(C(=O)[C@H]2CC[C@H](N3CCCC3=O)CC2)CC1. The quantitative estimate of drug-likeness (QED) is 0.761. The van der Waals surface area contributed by atoms with Gasteiger partial charge in [0.1, 0.15) is 0 Å². The van der Waals surface area contributed by atoms with Crippen molar-refractivity contribution in [2.45, 2.75) is 44.6 Å². The van der Waals surface area contributed by atoms with Crippen LogP contribution in [0.3, 0.4) is 0 Å². The molecule has 21 heavy (non-hydrogen) atoms. The van der Waals surface area contributed by atoms with Crippen LogP contribution in [0.5, 0.6) is 0 Å². The maximum Gasteiger partial charge on any atom is 0.225 e. The Bertz CT molecular complexity index is 396. The van der Waals surface area contributed by atoms with E-state index in [0.717, 1.165) is 71.2 Å². The Hall–Kier alpha value is -1.10. The van der Waals surface area contributed by atoms with Crippen molar-refractivity contribution in [2.75, 3.05) is 39.8 Å². The molecular weight excluding hydrogens is 266 g/mol. The molecule has 0 N–H and O–H groups in total. The zero-order valence-electron chi connectivity index (χ0n) is 13.1. The second-order valence-corrected chi connectivity index (χ2v) is 6.82. The fourth-order valence-corrected chi connectivity index (χ4v) is 3.97. The van der Waals surface area contributed by atoms with Crippen LogP contribution in [0, 0.1) is 5.92 Å². The average Bonchev–Trinajstić information content (AvgIpc) is 2.94. The number of carbonyl (C=O) groups excluding carboxylic acids is 2. The normalized spacial score (nSPS) is 31.8. The van der Waals surface area contributed by atoms with Crippen LogP contribution in [0.25, 0.3) is 0 Å². The van der Waals surface area contributed by atoms with Gasteiger partial charge in [0.25, 0.3) is 0 Å². The molecule has 5 heteroatoms. The Morgan fingerprint density at radius 3 is 2.24 bits per heavy atom. The van der Waals surface area contributed by atoms with E-state index in [1.165, 1.54) is 0 Å². The van der Waals surface area contributed by atoms with E-state index in [2.05, 4.69) is 16.8 Å². The van der Waals surface area contributed by atoms with E-state index in [1.807, 2.05) is 4.90 Å². The third-order valence-corrected chi connectivity index (χ3v) is 5.41. The maximum absolute atomic E-state index is 12.6. The van der Waals surface area contributed by atoms with Crippen molar-refractivity contribution in [3.05, 3.63) is 0 Å². The monoisotopic (exact) mass is 293 g/mol. The Balaban J connectivity index is 1.49. The molecule has 1 saturated carbocycles.